The summed E-state index contributed by atoms with van der Waals surface area (Å²) in [7, 11) is 0. The number of nitrogens with one attached hydrogen (secondary N) is 2. The Balaban J connectivity index is 3.77. The molecule has 0 aromatic carbocycles. The molecule has 0 saturated heterocycles. The van der Waals surface area contributed by atoms with Gasteiger partial charge in [0.2, 0.25) is 0 Å². The van der Waals surface area contributed by atoms with Gasteiger partial charge in [-0.2, -0.15) is 0 Å². The van der Waals surface area contributed by atoms with E-state index in [0.29, 0.717) is 6.17 Å². The minimum Gasteiger partial charge on any atom is -0.302 e. The molecule has 0 spiro atoms. The molecule has 0 bridgehead atoms. The predicted octanol–water partition coefficient (Wildman–Crippen LogP) is 2.11. The van der Waals surface area contributed by atoms with Crippen LogP contribution in [-0.4, -0.2) is 18.2 Å². The fraction of sp³-hybridized carbons (Fsp3) is 1.00. The zero-order valence-electron chi connectivity index (χ0n) is 9.20. The van der Waals surface area contributed by atoms with Gasteiger partial charge in [-0.3, -0.25) is 5.32 Å². The van der Waals surface area contributed by atoms with Crippen LogP contribution in [0.3, 0.4) is 0 Å². The minimum absolute atomic E-state index is 0.210. The molecular weight excluding hydrogens is 148 g/mol. The average molecular weight is 172 g/mol. The molecule has 0 aromatic rings. The molecule has 2 N–H and O–H groups in total. The molecule has 0 saturated carbocycles. The lowest BCUT2D eigenvalue weighted by molar-refractivity contribution is 0.306. The maximum atomic E-state index is 3.55. The van der Waals surface area contributed by atoms with Crippen LogP contribution in [0.2, 0.25) is 0 Å². The highest BCUT2D eigenvalue weighted by molar-refractivity contribution is 4.75. The van der Waals surface area contributed by atoms with Crippen LogP contribution in [0, 0.1) is 0 Å². The first kappa shape index (κ1) is 11.9. The monoisotopic (exact) mass is 172 g/mol. The summed E-state index contributed by atoms with van der Waals surface area (Å²) in [6.45, 7) is 12.0. The highest BCUT2D eigenvalue weighted by atomic mass is 15.1. The van der Waals surface area contributed by atoms with E-state index in [1.165, 1.54) is 12.8 Å². The molecule has 2 heteroatoms. The van der Waals surface area contributed by atoms with Gasteiger partial charge < -0.3 is 5.32 Å². The standard InChI is InChI=1S/C10H24N2/c1-6-8-9(11-7-2)12-10(3,4)5/h9,11-12H,6-8H2,1-5H3. The first-order valence-electron chi connectivity index (χ1n) is 5.00. The van der Waals surface area contributed by atoms with Crippen molar-refractivity contribution in [3.8, 4) is 0 Å². The summed E-state index contributed by atoms with van der Waals surface area (Å²) in [5.74, 6) is 0. The van der Waals surface area contributed by atoms with Gasteiger partial charge in [-0.1, -0.05) is 20.3 Å². The fourth-order valence-corrected chi connectivity index (χ4v) is 1.28. The van der Waals surface area contributed by atoms with Gasteiger partial charge in [-0.15, -0.1) is 0 Å². The Labute approximate surface area is 77.1 Å². The van der Waals surface area contributed by atoms with Gasteiger partial charge in [0.15, 0.2) is 0 Å². The molecule has 0 aromatic heterocycles. The maximum absolute atomic E-state index is 3.55. The van der Waals surface area contributed by atoms with Crippen molar-refractivity contribution < 1.29 is 0 Å². The highest BCUT2D eigenvalue weighted by Gasteiger charge is 2.14. The molecule has 0 aliphatic rings. The summed E-state index contributed by atoms with van der Waals surface area (Å²) < 4.78 is 0. The Morgan fingerprint density at radius 1 is 1.17 bits per heavy atom. The number of rotatable bonds is 5. The van der Waals surface area contributed by atoms with Crippen LogP contribution in [0.25, 0.3) is 0 Å². The molecule has 0 heterocycles. The Bertz CT molecular complexity index is 98.9. The van der Waals surface area contributed by atoms with Crippen molar-refractivity contribution >= 4 is 0 Å². The third-order valence-electron chi connectivity index (χ3n) is 1.64. The quantitative estimate of drug-likeness (QED) is 0.621. The fourth-order valence-electron chi connectivity index (χ4n) is 1.28. The Kier molecular flexibility index (Phi) is 5.51. The van der Waals surface area contributed by atoms with Crippen molar-refractivity contribution in [2.75, 3.05) is 6.54 Å². The predicted molar refractivity (Wildman–Crippen MR) is 55.3 cm³/mol. The first-order valence-corrected chi connectivity index (χ1v) is 5.00. The lowest BCUT2D eigenvalue weighted by Crippen LogP contribution is -2.50. The zero-order chi connectivity index (χ0) is 9.61. The lowest BCUT2D eigenvalue weighted by atomic mass is 10.1. The molecule has 0 aliphatic heterocycles. The van der Waals surface area contributed by atoms with Crippen molar-refractivity contribution in [3.05, 3.63) is 0 Å². The van der Waals surface area contributed by atoms with Crippen molar-refractivity contribution in [2.24, 2.45) is 0 Å². The summed E-state index contributed by atoms with van der Waals surface area (Å²) >= 11 is 0. The number of hydrogen-bond acceptors (Lipinski definition) is 2. The molecule has 1 unspecified atom stereocenters. The van der Waals surface area contributed by atoms with Gasteiger partial charge in [0, 0.05) is 5.54 Å². The van der Waals surface area contributed by atoms with E-state index in [1.54, 1.807) is 0 Å². The Hall–Kier alpha value is -0.0800. The van der Waals surface area contributed by atoms with Gasteiger partial charge in [0.25, 0.3) is 0 Å². The second kappa shape index (κ2) is 5.55. The molecule has 0 fully saturated rings. The van der Waals surface area contributed by atoms with Crippen molar-refractivity contribution in [1.29, 1.82) is 0 Å². The molecule has 12 heavy (non-hydrogen) atoms. The smallest absolute Gasteiger partial charge is 0.0575 e. The van der Waals surface area contributed by atoms with Gasteiger partial charge in [-0.05, 0) is 33.7 Å². The van der Waals surface area contributed by atoms with E-state index in [9.17, 15) is 0 Å². The minimum atomic E-state index is 0.210. The topological polar surface area (TPSA) is 24.1 Å². The van der Waals surface area contributed by atoms with Crippen LogP contribution in [0.1, 0.15) is 47.5 Å². The van der Waals surface area contributed by atoms with Gasteiger partial charge in [0.1, 0.15) is 0 Å². The summed E-state index contributed by atoms with van der Waals surface area (Å²) in [5, 5.41) is 6.98. The SMILES string of the molecule is CCCC(NCC)NC(C)(C)C. The molecule has 0 amide bonds. The summed E-state index contributed by atoms with van der Waals surface area (Å²) in [5.41, 5.74) is 0.210. The molecule has 1 atom stereocenters. The van der Waals surface area contributed by atoms with Gasteiger partial charge in [0.05, 0.1) is 6.17 Å². The maximum Gasteiger partial charge on any atom is 0.0575 e. The van der Waals surface area contributed by atoms with Crippen LogP contribution in [0.15, 0.2) is 0 Å². The second-order valence-corrected chi connectivity index (χ2v) is 4.29. The van der Waals surface area contributed by atoms with Crippen LogP contribution >= 0.6 is 0 Å². The van der Waals surface area contributed by atoms with E-state index < -0.39 is 0 Å². The van der Waals surface area contributed by atoms with Gasteiger partial charge in [-0.25, -0.2) is 0 Å². The highest BCUT2D eigenvalue weighted by Crippen LogP contribution is 2.03. The van der Waals surface area contributed by atoms with Crippen LogP contribution in [0.5, 0.6) is 0 Å². The van der Waals surface area contributed by atoms with Gasteiger partial charge >= 0.3 is 0 Å². The van der Waals surface area contributed by atoms with E-state index in [2.05, 4.69) is 45.3 Å². The van der Waals surface area contributed by atoms with E-state index >= 15 is 0 Å². The van der Waals surface area contributed by atoms with E-state index in [4.69, 9.17) is 0 Å². The molecule has 2 nitrogen and oxygen atoms in total. The van der Waals surface area contributed by atoms with E-state index in [-0.39, 0.29) is 5.54 Å². The average Bonchev–Trinajstić information content (AvgIpc) is 1.84. The third-order valence-corrected chi connectivity index (χ3v) is 1.64. The van der Waals surface area contributed by atoms with Crippen LogP contribution in [-0.2, 0) is 0 Å². The first-order chi connectivity index (χ1) is 5.49. The summed E-state index contributed by atoms with van der Waals surface area (Å²) in [4.78, 5) is 0. The van der Waals surface area contributed by atoms with Crippen molar-refractivity contribution in [3.63, 3.8) is 0 Å². The molecule has 0 aliphatic carbocycles. The number of hydrogen-bond donors (Lipinski definition) is 2. The Morgan fingerprint density at radius 2 is 1.75 bits per heavy atom. The van der Waals surface area contributed by atoms with Crippen molar-refractivity contribution in [2.45, 2.75) is 59.2 Å². The summed E-state index contributed by atoms with van der Waals surface area (Å²) in [6.07, 6.45) is 2.89. The van der Waals surface area contributed by atoms with Crippen molar-refractivity contribution in [1.82, 2.24) is 10.6 Å². The largest absolute Gasteiger partial charge is 0.302 e. The van der Waals surface area contributed by atoms with E-state index in [1.807, 2.05) is 0 Å². The molecule has 0 radical (unpaired) electrons. The molecule has 0 rings (SSSR count). The van der Waals surface area contributed by atoms with Crippen LogP contribution in [0.4, 0.5) is 0 Å². The summed E-state index contributed by atoms with van der Waals surface area (Å²) in [6, 6.07) is 0. The zero-order valence-corrected chi connectivity index (χ0v) is 9.20. The lowest BCUT2D eigenvalue weighted by Gasteiger charge is -2.28. The van der Waals surface area contributed by atoms with E-state index in [0.717, 1.165) is 6.54 Å². The Morgan fingerprint density at radius 3 is 2.08 bits per heavy atom. The third kappa shape index (κ3) is 6.62. The second-order valence-electron chi connectivity index (χ2n) is 4.29. The normalized spacial score (nSPS) is 14.8. The van der Waals surface area contributed by atoms with Crippen LogP contribution < -0.4 is 10.6 Å². The molecule has 74 valence electrons. The molecular formula is C10H24N2.